The van der Waals surface area contributed by atoms with E-state index in [0.29, 0.717) is 6.54 Å². The zero-order valence-electron chi connectivity index (χ0n) is 12.7. The van der Waals surface area contributed by atoms with E-state index >= 15 is 0 Å². The second-order valence-corrected chi connectivity index (χ2v) is 4.91. The molecule has 1 aliphatic carbocycles. The third-order valence-electron chi connectivity index (χ3n) is 3.86. The van der Waals surface area contributed by atoms with Gasteiger partial charge in [-0.15, -0.1) is 0 Å². The average molecular weight is 300 g/mol. The van der Waals surface area contributed by atoms with Gasteiger partial charge in [-0.25, -0.2) is 5.32 Å². The van der Waals surface area contributed by atoms with Crippen LogP contribution in [0.3, 0.4) is 0 Å². The Balaban J connectivity index is 0.000000331. The van der Waals surface area contributed by atoms with Gasteiger partial charge in [0.05, 0.1) is 12.1 Å². The summed E-state index contributed by atoms with van der Waals surface area (Å²) < 4.78 is 0. The molecule has 1 saturated heterocycles. The van der Waals surface area contributed by atoms with Gasteiger partial charge in [-0.1, -0.05) is 34.6 Å². The minimum Gasteiger partial charge on any atom is -0.329 e. The normalized spacial score (nSPS) is 25.4. The molecule has 0 aromatic carbocycles. The van der Waals surface area contributed by atoms with E-state index in [4.69, 9.17) is 5.73 Å². The van der Waals surface area contributed by atoms with Crippen LogP contribution in [0.5, 0.6) is 0 Å². The Hall–Kier alpha value is 0.439. The largest absolute Gasteiger partial charge is 2.00 e. The molecule has 0 bridgehead atoms. The smallest absolute Gasteiger partial charge is 0.329 e. The monoisotopic (exact) mass is 300 g/mol. The molecule has 1 heterocycles. The number of nitrogens with two attached hydrogens (primary N) is 1. The standard InChI is InChI=1S/C10H15.C6H9N2.Fe/c1-6-7(2)9(4)10(5)8(6)3;1-5-2-3-6(4-7)8-5;/h1-5H3;2-3H,4,7H2,1H3;/q;;+2. The van der Waals surface area contributed by atoms with Crippen molar-refractivity contribution in [2.24, 2.45) is 5.73 Å². The van der Waals surface area contributed by atoms with E-state index in [0.717, 1.165) is 12.1 Å². The molecule has 0 aromatic rings. The van der Waals surface area contributed by atoms with Gasteiger partial charge in [-0.05, 0) is 49.4 Å². The van der Waals surface area contributed by atoms with Crippen LogP contribution in [0.1, 0.15) is 41.5 Å². The Bertz CT molecular complexity index is 202. The molecule has 0 unspecified atom stereocenters. The van der Waals surface area contributed by atoms with Gasteiger partial charge < -0.3 is 5.73 Å². The third-order valence-corrected chi connectivity index (χ3v) is 3.86. The summed E-state index contributed by atoms with van der Waals surface area (Å²) in [6.07, 6.45) is 3.90. The maximum absolute atomic E-state index is 5.30. The molecule has 104 valence electrons. The molecular weight excluding hydrogens is 276 g/mol. The van der Waals surface area contributed by atoms with Crippen LogP contribution in [0.15, 0.2) is 0 Å². The molecular formula is C16H24FeN2+2. The van der Waals surface area contributed by atoms with E-state index in [1.807, 2.05) is 19.8 Å². The van der Waals surface area contributed by atoms with Gasteiger partial charge in [0.1, 0.15) is 0 Å². The second-order valence-electron chi connectivity index (χ2n) is 4.91. The summed E-state index contributed by atoms with van der Waals surface area (Å²) in [4.78, 5) is 0. The quantitative estimate of drug-likeness (QED) is 0.743. The molecule has 2 nitrogen and oxygen atoms in total. The Morgan fingerprint density at radius 1 is 0.789 bits per heavy atom. The Morgan fingerprint density at radius 2 is 1.16 bits per heavy atom. The van der Waals surface area contributed by atoms with Crippen LogP contribution >= 0.6 is 0 Å². The third kappa shape index (κ3) is 5.04. The maximum atomic E-state index is 5.30. The van der Waals surface area contributed by atoms with Crippen LogP contribution in [0.4, 0.5) is 0 Å². The van der Waals surface area contributed by atoms with Crippen LogP contribution in [-0.4, -0.2) is 6.54 Å². The van der Waals surface area contributed by atoms with Crippen LogP contribution < -0.4 is 11.1 Å². The van der Waals surface area contributed by atoms with Crippen LogP contribution in [0.25, 0.3) is 0 Å². The molecule has 3 heteroatoms. The van der Waals surface area contributed by atoms with Crippen molar-refractivity contribution in [2.45, 2.75) is 41.5 Å². The first-order valence-corrected chi connectivity index (χ1v) is 6.37. The van der Waals surface area contributed by atoms with Crippen LogP contribution in [0.2, 0.25) is 0 Å². The van der Waals surface area contributed by atoms with Gasteiger partial charge in [0.15, 0.2) is 0 Å². The van der Waals surface area contributed by atoms with Crippen molar-refractivity contribution >= 4 is 0 Å². The fourth-order valence-electron chi connectivity index (χ4n) is 2.04. The number of rotatable bonds is 1. The zero-order chi connectivity index (χ0) is 13.9. The van der Waals surface area contributed by atoms with Crippen molar-refractivity contribution in [2.75, 3.05) is 6.54 Å². The van der Waals surface area contributed by atoms with Crippen molar-refractivity contribution in [1.82, 2.24) is 5.32 Å². The van der Waals surface area contributed by atoms with E-state index in [1.54, 1.807) is 0 Å². The van der Waals surface area contributed by atoms with Gasteiger partial charge in [0.2, 0.25) is 0 Å². The molecule has 0 spiro atoms. The van der Waals surface area contributed by atoms with Crippen LogP contribution in [0, 0.1) is 54.5 Å². The Labute approximate surface area is 131 Å². The summed E-state index contributed by atoms with van der Waals surface area (Å²) in [5.74, 6) is 7.34. The van der Waals surface area contributed by atoms with E-state index in [2.05, 4.69) is 39.9 Å². The molecule has 2 fully saturated rings. The van der Waals surface area contributed by atoms with Crippen molar-refractivity contribution in [3.8, 4) is 0 Å². The van der Waals surface area contributed by atoms with Gasteiger partial charge in [0, 0.05) is 6.54 Å². The average Bonchev–Trinajstić information content (AvgIpc) is 2.86. The molecule has 2 N–H and O–H groups in total. The summed E-state index contributed by atoms with van der Waals surface area (Å²) in [6, 6.07) is 2.02. The van der Waals surface area contributed by atoms with Gasteiger partial charge >= 0.3 is 17.1 Å². The molecule has 0 amide bonds. The molecule has 2 rings (SSSR count). The fraction of sp³-hybridized carbons (Fsp3) is 0.438. The van der Waals surface area contributed by atoms with E-state index in [1.165, 1.54) is 29.6 Å². The molecule has 1 aliphatic heterocycles. The summed E-state index contributed by atoms with van der Waals surface area (Å²) >= 11 is 0. The van der Waals surface area contributed by atoms with E-state index in [-0.39, 0.29) is 17.1 Å². The number of hydrogen-bond acceptors (Lipinski definition) is 1. The first-order valence-electron chi connectivity index (χ1n) is 6.37. The molecule has 0 atom stereocenters. The summed E-state index contributed by atoms with van der Waals surface area (Å²) in [7, 11) is 0. The summed E-state index contributed by atoms with van der Waals surface area (Å²) in [6.45, 7) is 13.5. The number of hydrogen-bond donors (Lipinski definition) is 1. The van der Waals surface area contributed by atoms with Crippen molar-refractivity contribution in [3.05, 3.63) is 54.5 Å². The zero-order valence-corrected chi connectivity index (χ0v) is 13.8. The van der Waals surface area contributed by atoms with Crippen molar-refractivity contribution in [1.29, 1.82) is 0 Å². The van der Waals surface area contributed by atoms with E-state index < -0.39 is 0 Å². The molecule has 10 radical (unpaired) electrons. The van der Waals surface area contributed by atoms with Gasteiger partial charge in [-0.3, -0.25) is 0 Å². The molecule has 0 aromatic heterocycles. The van der Waals surface area contributed by atoms with E-state index in [9.17, 15) is 0 Å². The molecule has 19 heavy (non-hydrogen) atoms. The van der Waals surface area contributed by atoms with Crippen LogP contribution in [-0.2, 0) is 17.1 Å². The van der Waals surface area contributed by atoms with Crippen molar-refractivity contribution in [3.63, 3.8) is 0 Å². The predicted octanol–water partition coefficient (Wildman–Crippen LogP) is 3.03. The first-order chi connectivity index (χ1) is 8.38. The molecule has 1 saturated carbocycles. The fourth-order valence-corrected chi connectivity index (χ4v) is 2.04. The summed E-state index contributed by atoms with van der Waals surface area (Å²) in [5.41, 5.74) is 5.30. The SMILES string of the molecule is C[C]1[CH][CH][C](CN)[N]1.C[C]1[C](C)[C](C)[C](C)[C]1C.[Fe+2]. The minimum absolute atomic E-state index is 0. The topological polar surface area (TPSA) is 40.1 Å². The first kappa shape index (κ1) is 19.4. The maximum Gasteiger partial charge on any atom is 2.00 e. The van der Waals surface area contributed by atoms with Gasteiger partial charge in [0.25, 0.3) is 0 Å². The Kier molecular flexibility index (Phi) is 8.87. The van der Waals surface area contributed by atoms with Crippen molar-refractivity contribution < 1.29 is 17.1 Å². The second kappa shape index (κ2) is 8.67. The Morgan fingerprint density at radius 3 is 1.32 bits per heavy atom. The minimum atomic E-state index is 0. The van der Waals surface area contributed by atoms with Gasteiger partial charge in [-0.2, -0.15) is 0 Å². The summed E-state index contributed by atoms with van der Waals surface area (Å²) in [5, 5.41) is 4.10. The number of nitrogens with zero attached hydrogens (tertiary/aromatic N) is 1. The molecule has 2 aliphatic rings. The predicted molar refractivity (Wildman–Crippen MR) is 76.5 cm³/mol.